The summed E-state index contributed by atoms with van der Waals surface area (Å²) in [7, 11) is 3.23. The van der Waals surface area contributed by atoms with Crippen molar-refractivity contribution < 1.29 is 14.2 Å². The molecular weight excluding hydrogens is 242 g/mol. The van der Waals surface area contributed by atoms with Gasteiger partial charge in [0.1, 0.15) is 12.4 Å². The molecule has 1 aliphatic rings. The zero-order chi connectivity index (χ0) is 11.6. The number of nitrogens with two attached hydrogens (primary N) is 1. The molecule has 2 rings (SSSR count). The van der Waals surface area contributed by atoms with Gasteiger partial charge in [0.2, 0.25) is 0 Å². The summed E-state index contributed by atoms with van der Waals surface area (Å²) in [5.41, 5.74) is 5.83. The minimum absolute atomic E-state index is 0. The maximum atomic E-state index is 5.95. The maximum Gasteiger partial charge on any atom is 0.164 e. The minimum atomic E-state index is -0.120. The van der Waals surface area contributed by atoms with Gasteiger partial charge in [-0.05, 0) is 25.0 Å². The van der Waals surface area contributed by atoms with Crippen molar-refractivity contribution >= 4 is 12.4 Å². The largest absolute Gasteiger partial charge is 0.497 e. The summed E-state index contributed by atoms with van der Waals surface area (Å²) in [5.74, 6) is 2.13. The second-order valence-electron chi connectivity index (χ2n) is 4.17. The van der Waals surface area contributed by atoms with Gasteiger partial charge in [0.05, 0.1) is 19.8 Å². The van der Waals surface area contributed by atoms with Gasteiger partial charge >= 0.3 is 0 Å². The third kappa shape index (κ3) is 3.41. The summed E-state index contributed by atoms with van der Waals surface area (Å²) >= 11 is 0. The summed E-state index contributed by atoms with van der Waals surface area (Å²) < 4.78 is 16.0. The van der Waals surface area contributed by atoms with Crippen LogP contribution in [0.15, 0.2) is 18.2 Å². The first-order valence-corrected chi connectivity index (χ1v) is 5.30. The number of hydrogen-bond acceptors (Lipinski definition) is 4. The van der Waals surface area contributed by atoms with Crippen LogP contribution in [0.3, 0.4) is 0 Å². The van der Waals surface area contributed by atoms with Crippen LogP contribution in [0.2, 0.25) is 0 Å². The van der Waals surface area contributed by atoms with Crippen LogP contribution in [0.5, 0.6) is 17.2 Å². The van der Waals surface area contributed by atoms with Crippen LogP contribution in [-0.2, 0) is 0 Å². The molecule has 1 aromatic rings. The van der Waals surface area contributed by atoms with Gasteiger partial charge in [-0.15, -0.1) is 12.4 Å². The van der Waals surface area contributed by atoms with Crippen LogP contribution < -0.4 is 19.9 Å². The molecule has 1 aliphatic carbocycles. The maximum absolute atomic E-state index is 5.95. The fourth-order valence-electron chi connectivity index (χ4n) is 1.42. The highest BCUT2D eigenvalue weighted by atomic mass is 35.5. The molecule has 4 nitrogen and oxygen atoms in total. The van der Waals surface area contributed by atoms with Crippen LogP contribution in [0.1, 0.15) is 12.8 Å². The smallest absolute Gasteiger partial charge is 0.164 e. The predicted octanol–water partition coefficient (Wildman–Crippen LogP) is 2.00. The molecule has 1 aromatic carbocycles. The molecule has 96 valence electrons. The third-order valence-electron chi connectivity index (χ3n) is 2.78. The molecule has 0 unspecified atom stereocenters. The fraction of sp³-hybridized carbons (Fsp3) is 0.500. The van der Waals surface area contributed by atoms with Gasteiger partial charge in [0.25, 0.3) is 0 Å². The van der Waals surface area contributed by atoms with E-state index in [1.54, 1.807) is 20.3 Å². The molecule has 0 radical (unpaired) electrons. The molecule has 2 N–H and O–H groups in total. The number of benzene rings is 1. The Hall–Kier alpha value is -1.13. The van der Waals surface area contributed by atoms with Crippen molar-refractivity contribution in [3.8, 4) is 17.2 Å². The highest BCUT2D eigenvalue weighted by Gasteiger charge is 2.39. The summed E-state index contributed by atoms with van der Waals surface area (Å²) in [6.07, 6.45) is 2.07. The highest BCUT2D eigenvalue weighted by molar-refractivity contribution is 5.85. The summed E-state index contributed by atoms with van der Waals surface area (Å²) in [6, 6.07) is 5.47. The molecule has 0 atom stereocenters. The van der Waals surface area contributed by atoms with E-state index in [0.717, 1.165) is 18.6 Å². The second-order valence-corrected chi connectivity index (χ2v) is 4.17. The predicted molar refractivity (Wildman–Crippen MR) is 68.4 cm³/mol. The Balaban J connectivity index is 0.00000144. The Bertz CT molecular complexity index is 380. The molecule has 5 heteroatoms. The zero-order valence-electron chi connectivity index (χ0n) is 10.1. The Morgan fingerprint density at radius 3 is 2.41 bits per heavy atom. The van der Waals surface area contributed by atoms with Gasteiger partial charge in [-0.25, -0.2) is 0 Å². The van der Waals surface area contributed by atoms with Gasteiger partial charge in [-0.3, -0.25) is 0 Å². The van der Waals surface area contributed by atoms with Crippen molar-refractivity contribution in [2.24, 2.45) is 5.73 Å². The Morgan fingerprint density at radius 2 is 1.88 bits per heavy atom. The lowest BCUT2D eigenvalue weighted by molar-refractivity contribution is 0.263. The van der Waals surface area contributed by atoms with Gasteiger partial charge < -0.3 is 19.9 Å². The number of methoxy groups -OCH3 is 2. The topological polar surface area (TPSA) is 53.7 Å². The van der Waals surface area contributed by atoms with Crippen LogP contribution in [0.25, 0.3) is 0 Å². The van der Waals surface area contributed by atoms with E-state index in [0.29, 0.717) is 18.1 Å². The monoisotopic (exact) mass is 259 g/mol. The highest BCUT2D eigenvalue weighted by Crippen LogP contribution is 2.36. The number of halogens is 1. The first kappa shape index (κ1) is 13.9. The molecular formula is C12H18ClNO3. The van der Waals surface area contributed by atoms with E-state index in [1.165, 1.54) is 0 Å². The van der Waals surface area contributed by atoms with E-state index < -0.39 is 0 Å². The quantitative estimate of drug-likeness (QED) is 0.879. The van der Waals surface area contributed by atoms with E-state index >= 15 is 0 Å². The van der Waals surface area contributed by atoms with E-state index in [9.17, 15) is 0 Å². The fourth-order valence-corrected chi connectivity index (χ4v) is 1.42. The summed E-state index contributed by atoms with van der Waals surface area (Å²) in [5, 5.41) is 0. The van der Waals surface area contributed by atoms with E-state index in [2.05, 4.69) is 0 Å². The van der Waals surface area contributed by atoms with Gasteiger partial charge in [-0.2, -0.15) is 0 Å². The Labute approximate surface area is 107 Å². The minimum Gasteiger partial charge on any atom is -0.497 e. The number of rotatable bonds is 5. The lowest BCUT2D eigenvalue weighted by Crippen LogP contribution is -2.29. The van der Waals surface area contributed by atoms with Crippen molar-refractivity contribution in [1.82, 2.24) is 0 Å². The molecule has 0 spiro atoms. The van der Waals surface area contributed by atoms with Crippen molar-refractivity contribution in [2.45, 2.75) is 18.4 Å². The summed E-state index contributed by atoms with van der Waals surface area (Å²) in [6.45, 7) is 0.537. The van der Waals surface area contributed by atoms with Crippen LogP contribution in [-0.4, -0.2) is 26.4 Å². The molecule has 0 amide bonds. The SMILES string of the molecule is COc1ccc(OCC2(N)CC2)c(OC)c1.Cl. The molecule has 1 fully saturated rings. The van der Waals surface area contributed by atoms with Gasteiger partial charge in [0, 0.05) is 6.07 Å². The van der Waals surface area contributed by atoms with Crippen molar-refractivity contribution in [1.29, 1.82) is 0 Å². The second kappa shape index (κ2) is 5.47. The molecule has 0 heterocycles. The summed E-state index contributed by atoms with van der Waals surface area (Å²) in [4.78, 5) is 0. The van der Waals surface area contributed by atoms with E-state index in [1.807, 2.05) is 12.1 Å². The molecule has 0 aromatic heterocycles. The lowest BCUT2D eigenvalue weighted by Gasteiger charge is -2.14. The van der Waals surface area contributed by atoms with Gasteiger partial charge in [0.15, 0.2) is 11.5 Å². The Kier molecular flexibility index (Phi) is 4.48. The normalized spacial score (nSPS) is 15.7. The van der Waals surface area contributed by atoms with Crippen molar-refractivity contribution in [3.63, 3.8) is 0 Å². The lowest BCUT2D eigenvalue weighted by atomic mass is 10.3. The molecule has 0 saturated heterocycles. The van der Waals surface area contributed by atoms with Crippen LogP contribution in [0.4, 0.5) is 0 Å². The first-order valence-electron chi connectivity index (χ1n) is 5.30. The molecule has 17 heavy (non-hydrogen) atoms. The third-order valence-corrected chi connectivity index (χ3v) is 2.78. The van der Waals surface area contributed by atoms with E-state index in [4.69, 9.17) is 19.9 Å². The number of hydrogen-bond donors (Lipinski definition) is 1. The Morgan fingerprint density at radius 1 is 1.18 bits per heavy atom. The average Bonchev–Trinajstić information content (AvgIpc) is 3.05. The van der Waals surface area contributed by atoms with Gasteiger partial charge in [-0.1, -0.05) is 0 Å². The molecule has 1 saturated carbocycles. The molecule has 0 aliphatic heterocycles. The van der Waals surface area contributed by atoms with Crippen LogP contribution in [0, 0.1) is 0 Å². The van der Waals surface area contributed by atoms with E-state index in [-0.39, 0.29) is 17.9 Å². The van der Waals surface area contributed by atoms with Crippen molar-refractivity contribution in [2.75, 3.05) is 20.8 Å². The first-order chi connectivity index (χ1) is 7.67. The standard InChI is InChI=1S/C12H17NO3.ClH/c1-14-9-3-4-10(11(7-9)15-2)16-8-12(13)5-6-12;/h3-4,7H,5-6,8,13H2,1-2H3;1H. The average molecular weight is 260 g/mol. The number of ether oxygens (including phenoxy) is 3. The van der Waals surface area contributed by atoms with Crippen molar-refractivity contribution in [3.05, 3.63) is 18.2 Å². The zero-order valence-corrected chi connectivity index (χ0v) is 10.9. The van der Waals surface area contributed by atoms with Crippen LogP contribution >= 0.6 is 12.4 Å². The molecule has 0 bridgehead atoms.